The molecule has 1 aromatic rings. The second-order valence-electron chi connectivity index (χ2n) is 5.08. The Morgan fingerprint density at radius 1 is 1.38 bits per heavy atom. The summed E-state index contributed by atoms with van der Waals surface area (Å²) in [6.45, 7) is 6.31. The molecule has 0 aromatic heterocycles. The van der Waals surface area contributed by atoms with Gasteiger partial charge in [0, 0.05) is 32.7 Å². The Labute approximate surface area is 126 Å². The average molecular weight is 289 g/mol. The highest BCUT2D eigenvalue weighted by Gasteiger charge is 2.12. The van der Waals surface area contributed by atoms with E-state index in [1.807, 2.05) is 0 Å². The minimum Gasteiger partial charge on any atom is -0.383 e. The van der Waals surface area contributed by atoms with Gasteiger partial charge < -0.3 is 10.1 Å². The number of hydrogen-bond donors (Lipinski definition) is 1. The first kappa shape index (κ1) is 17.2. The molecule has 0 bridgehead atoms. The number of hydrogen-bond acceptors (Lipinski definition) is 4. The first-order valence-corrected chi connectivity index (χ1v) is 7.10. The van der Waals surface area contributed by atoms with E-state index in [0.29, 0.717) is 36.9 Å². The van der Waals surface area contributed by atoms with Gasteiger partial charge in [-0.25, -0.2) is 0 Å². The first-order chi connectivity index (χ1) is 10.1. The maximum Gasteiger partial charge on any atom is 0.225 e. The third kappa shape index (κ3) is 5.94. The highest BCUT2D eigenvalue weighted by Crippen LogP contribution is 2.13. The van der Waals surface area contributed by atoms with Gasteiger partial charge in [-0.05, 0) is 26.0 Å². The normalized spacial score (nSPS) is 10.7. The topological polar surface area (TPSA) is 65.4 Å². The van der Waals surface area contributed by atoms with Crippen LogP contribution in [0.3, 0.4) is 0 Å². The van der Waals surface area contributed by atoms with Crippen LogP contribution in [0.5, 0.6) is 0 Å². The number of nitriles is 1. The number of carbonyl (C=O) groups is 1. The molecule has 5 heteroatoms. The lowest BCUT2D eigenvalue weighted by Gasteiger charge is -2.25. The molecule has 114 valence electrons. The van der Waals surface area contributed by atoms with Crippen molar-refractivity contribution in [1.82, 2.24) is 4.90 Å². The monoisotopic (exact) mass is 289 g/mol. The summed E-state index contributed by atoms with van der Waals surface area (Å²) in [7, 11) is 1.67. The molecule has 1 aromatic carbocycles. The van der Waals surface area contributed by atoms with Crippen LogP contribution in [0.2, 0.25) is 0 Å². The maximum absolute atomic E-state index is 12.0. The molecule has 1 amide bonds. The average Bonchev–Trinajstić information content (AvgIpc) is 2.47. The van der Waals surface area contributed by atoms with E-state index in [4.69, 9.17) is 10.00 Å². The van der Waals surface area contributed by atoms with Crippen LogP contribution in [0.4, 0.5) is 5.69 Å². The summed E-state index contributed by atoms with van der Waals surface area (Å²) in [5.41, 5.74) is 1.05. The Morgan fingerprint density at radius 2 is 2.10 bits per heavy atom. The Bertz CT molecular complexity index is 495. The van der Waals surface area contributed by atoms with Gasteiger partial charge in [-0.1, -0.05) is 12.1 Å². The Kier molecular flexibility index (Phi) is 7.44. The van der Waals surface area contributed by atoms with Crippen molar-refractivity contribution in [1.29, 1.82) is 5.26 Å². The number of anilines is 1. The fourth-order valence-corrected chi connectivity index (χ4v) is 1.98. The maximum atomic E-state index is 12.0. The van der Waals surface area contributed by atoms with E-state index < -0.39 is 0 Å². The van der Waals surface area contributed by atoms with E-state index in [9.17, 15) is 4.79 Å². The number of carbonyl (C=O) groups excluding carboxylic acids is 1. The predicted molar refractivity (Wildman–Crippen MR) is 83.0 cm³/mol. The molecule has 0 heterocycles. The lowest BCUT2D eigenvalue weighted by molar-refractivity contribution is -0.116. The zero-order valence-electron chi connectivity index (χ0n) is 12.9. The van der Waals surface area contributed by atoms with Crippen molar-refractivity contribution in [3.8, 4) is 6.07 Å². The predicted octanol–water partition coefficient (Wildman–Crippen LogP) is 2.24. The number of ether oxygens (including phenoxy) is 1. The number of para-hydroxylation sites is 1. The van der Waals surface area contributed by atoms with E-state index in [-0.39, 0.29) is 5.91 Å². The van der Waals surface area contributed by atoms with E-state index in [2.05, 4.69) is 30.1 Å². The van der Waals surface area contributed by atoms with Gasteiger partial charge >= 0.3 is 0 Å². The summed E-state index contributed by atoms with van der Waals surface area (Å²) in [5.74, 6) is -0.0826. The van der Waals surface area contributed by atoms with Gasteiger partial charge in [0.1, 0.15) is 6.07 Å². The van der Waals surface area contributed by atoms with Crippen molar-refractivity contribution in [2.24, 2.45) is 0 Å². The highest BCUT2D eigenvalue weighted by molar-refractivity contribution is 5.92. The zero-order chi connectivity index (χ0) is 15.7. The van der Waals surface area contributed by atoms with Crippen LogP contribution in [0.25, 0.3) is 0 Å². The SMILES string of the molecule is COCCN(CCC(=O)Nc1ccccc1C#N)C(C)C. The highest BCUT2D eigenvalue weighted by atomic mass is 16.5. The second-order valence-corrected chi connectivity index (χ2v) is 5.08. The second kappa shape index (κ2) is 9.11. The van der Waals surface area contributed by atoms with Crippen molar-refractivity contribution in [3.63, 3.8) is 0 Å². The van der Waals surface area contributed by atoms with Gasteiger partial charge in [0.15, 0.2) is 0 Å². The lowest BCUT2D eigenvalue weighted by atomic mass is 10.2. The first-order valence-electron chi connectivity index (χ1n) is 7.10. The van der Waals surface area contributed by atoms with Crippen molar-refractivity contribution in [3.05, 3.63) is 29.8 Å². The molecule has 0 unspecified atom stereocenters. The molecule has 0 spiro atoms. The molecule has 0 aliphatic heterocycles. The minimum atomic E-state index is -0.0826. The van der Waals surface area contributed by atoms with Crippen LogP contribution in [-0.2, 0) is 9.53 Å². The number of benzene rings is 1. The van der Waals surface area contributed by atoms with Crippen molar-refractivity contribution < 1.29 is 9.53 Å². The van der Waals surface area contributed by atoms with Gasteiger partial charge in [-0.15, -0.1) is 0 Å². The van der Waals surface area contributed by atoms with Gasteiger partial charge in [0.25, 0.3) is 0 Å². The number of nitrogens with one attached hydrogen (secondary N) is 1. The smallest absolute Gasteiger partial charge is 0.225 e. The van der Waals surface area contributed by atoms with Crippen LogP contribution in [0.15, 0.2) is 24.3 Å². The summed E-state index contributed by atoms with van der Waals surface area (Å²) in [4.78, 5) is 14.2. The van der Waals surface area contributed by atoms with E-state index in [1.165, 1.54) is 0 Å². The summed E-state index contributed by atoms with van der Waals surface area (Å²) in [6, 6.07) is 9.44. The molecule has 0 aliphatic carbocycles. The van der Waals surface area contributed by atoms with Gasteiger partial charge in [-0.3, -0.25) is 9.69 Å². The van der Waals surface area contributed by atoms with Gasteiger partial charge in [-0.2, -0.15) is 5.26 Å². The van der Waals surface area contributed by atoms with Crippen LogP contribution in [-0.4, -0.2) is 43.7 Å². The van der Waals surface area contributed by atoms with Crippen molar-refractivity contribution >= 4 is 11.6 Å². The number of amides is 1. The molecule has 0 atom stereocenters. The van der Waals surface area contributed by atoms with Crippen LogP contribution >= 0.6 is 0 Å². The molecular formula is C16H23N3O2. The molecule has 5 nitrogen and oxygen atoms in total. The Hall–Kier alpha value is -1.90. The minimum absolute atomic E-state index is 0.0826. The fourth-order valence-electron chi connectivity index (χ4n) is 1.98. The largest absolute Gasteiger partial charge is 0.383 e. The van der Waals surface area contributed by atoms with Gasteiger partial charge in [0.05, 0.1) is 17.9 Å². The summed E-state index contributed by atoms with van der Waals surface area (Å²) in [5, 5.41) is 11.8. The molecular weight excluding hydrogens is 266 g/mol. The van der Waals surface area contributed by atoms with E-state index >= 15 is 0 Å². The molecule has 1 rings (SSSR count). The molecule has 0 saturated heterocycles. The molecule has 21 heavy (non-hydrogen) atoms. The van der Waals surface area contributed by atoms with Crippen LogP contribution in [0.1, 0.15) is 25.8 Å². The van der Waals surface area contributed by atoms with E-state index in [1.54, 1.807) is 31.4 Å². The van der Waals surface area contributed by atoms with Crippen LogP contribution < -0.4 is 5.32 Å². The third-order valence-electron chi connectivity index (χ3n) is 3.26. The van der Waals surface area contributed by atoms with Gasteiger partial charge in [0.2, 0.25) is 5.91 Å². The van der Waals surface area contributed by atoms with Crippen molar-refractivity contribution in [2.75, 3.05) is 32.1 Å². The molecule has 1 N–H and O–H groups in total. The molecule has 0 aliphatic rings. The quantitative estimate of drug-likeness (QED) is 0.797. The molecule has 0 radical (unpaired) electrons. The van der Waals surface area contributed by atoms with E-state index in [0.717, 1.165) is 6.54 Å². The Morgan fingerprint density at radius 3 is 2.71 bits per heavy atom. The van der Waals surface area contributed by atoms with Crippen LogP contribution in [0, 0.1) is 11.3 Å². The van der Waals surface area contributed by atoms with Crippen molar-refractivity contribution in [2.45, 2.75) is 26.3 Å². The number of rotatable bonds is 8. The molecule has 0 fully saturated rings. The summed E-state index contributed by atoms with van der Waals surface area (Å²) < 4.78 is 5.08. The third-order valence-corrected chi connectivity index (χ3v) is 3.26. The summed E-state index contributed by atoms with van der Waals surface area (Å²) >= 11 is 0. The number of methoxy groups -OCH3 is 1. The summed E-state index contributed by atoms with van der Waals surface area (Å²) in [6.07, 6.45) is 0.391. The number of nitrogens with zero attached hydrogens (tertiary/aromatic N) is 2. The lowest BCUT2D eigenvalue weighted by Crippen LogP contribution is -2.36. The molecule has 0 saturated carbocycles. The fraction of sp³-hybridized carbons (Fsp3) is 0.500. The Balaban J connectivity index is 2.51. The zero-order valence-corrected chi connectivity index (χ0v) is 12.9. The standard InChI is InChI=1S/C16H23N3O2/c1-13(2)19(10-11-21-3)9-8-16(20)18-15-7-5-4-6-14(15)12-17/h4-7,13H,8-11H2,1-3H3,(H,18,20).